The second kappa shape index (κ2) is 4.39. The van der Waals surface area contributed by atoms with Gasteiger partial charge in [-0.1, -0.05) is 29.3 Å². The Morgan fingerprint density at radius 2 is 2.00 bits per heavy atom. The van der Waals surface area contributed by atoms with E-state index in [1.165, 1.54) is 11.9 Å². The molecule has 2 rings (SSSR count). The molecule has 1 heterocycles. The van der Waals surface area contributed by atoms with Gasteiger partial charge in [0.05, 0.1) is 0 Å². The molecule has 6 heteroatoms. The summed E-state index contributed by atoms with van der Waals surface area (Å²) in [7, 11) is 1.51. The summed E-state index contributed by atoms with van der Waals surface area (Å²) in [5, 5.41) is 3.11. The fourth-order valence-corrected chi connectivity index (χ4v) is 1.90. The molecule has 0 aliphatic carbocycles. The lowest BCUT2D eigenvalue weighted by Gasteiger charge is -2.07. The highest BCUT2D eigenvalue weighted by molar-refractivity contribution is 6.35. The van der Waals surface area contributed by atoms with Crippen LogP contribution < -0.4 is 5.32 Å². The minimum Gasteiger partial charge on any atom is -0.292 e. The summed E-state index contributed by atoms with van der Waals surface area (Å²) in [4.78, 5) is 23.9. The Kier molecular flexibility index (Phi) is 3.09. The third-order valence-corrected chi connectivity index (χ3v) is 2.94. The molecule has 1 aliphatic heterocycles. The molecule has 1 aromatic carbocycles. The van der Waals surface area contributed by atoms with E-state index in [1.807, 2.05) is 0 Å². The van der Waals surface area contributed by atoms with Crippen molar-refractivity contribution in [3.05, 3.63) is 39.5 Å². The standard InChI is InChI=1S/C11H8Cl2N2O2/c1-15-9(10(16)14-11(15)17)4-6-2-3-7(12)5-8(6)13/h2-5H,1H3,(H,14,16,17)/b9-4-. The van der Waals surface area contributed by atoms with Crippen LogP contribution in [0.4, 0.5) is 4.79 Å². The van der Waals surface area contributed by atoms with Crippen LogP contribution in [0.2, 0.25) is 10.0 Å². The van der Waals surface area contributed by atoms with Gasteiger partial charge in [-0.2, -0.15) is 0 Å². The van der Waals surface area contributed by atoms with E-state index in [-0.39, 0.29) is 5.70 Å². The van der Waals surface area contributed by atoms with Crippen LogP contribution in [0, 0.1) is 0 Å². The molecule has 1 fully saturated rings. The van der Waals surface area contributed by atoms with Gasteiger partial charge in [-0.15, -0.1) is 0 Å². The zero-order valence-electron chi connectivity index (χ0n) is 8.83. The first-order valence-corrected chi connectivity index (χ1v) is 5.50. The van der Waals surface area contributed by atoms with Gasteiger partial charge in [0.15, 0.2) is 0 Å². The highest BCUT2D eigenvalue weighted by Gasteiger charge is 2.29. The molecule has 4 nitrogen and oxygen atoms in total. The topological polar surface area (TPSA) is 49.4 Å². The first-order valence-electron chi connectivity index (χ1n) is 4.75. The van der Waals surface area contributed by atoms with Gasteiger partial charge in [0.2, 0.25) is 0 Å². The van der Waals surface area contributed by atoms with Crippen molar-refractivity contribution in [2.24, 2.45) is 0 Å². The summed E-state index contributed by atoms with van der Waals surface area (Å²) < 4.78 is 0. The first kappa shape index (κ1) is 12.0. The molecule has 0 atom stereocenters. The maximum atomic E-state index is 11.5. The van der Waals surface area contributed by atoms with Crippen molar-refractivity contribution in [1.82, 2.24) is 10.2 Å². The summed E-state index contributed by atoms with van der Waals surface area (Å²) in [6, 6.07) is 4.46. The largest absolute Gasteiger partial charge is 0.328 e. The van der Waals surface area contributed by atoms with E-state index in [1.54, 1.807) is 24.3 Å². The van der Waals surface area contributed by atoms with Crippen LogP contribution in [0.15, 0.2) is 23.9 Å². The number of carbonyl (C=O) groups excluding carboxylic acids is 2. The molecule has 1 aromatic rings. The number of likely N-dealkylation sites (N-methyl/N-ethyl adjacent to an activating group) is 1. The second-order valence-electron chi connectivity index (χ2n) is 3.51. The van der Waals surface area contributed by atoms with Crippen molar-refractivity contribution >= 4 is 41.2 Å². The average molecular weight is 271 g/mol. The Hall–Kier alpha value is -1.52. The molecular formula is C11H8Cl2N2O2. The number of nitrogens with zero attached hydrogens (tertiary/aromatic N) is 1. The van der Waals surface area contributed by atoms with Crippen LogP contribution >= 0.6 is 23.2 Å². The highest BCUT2D eigenvalue weighted by atomic mass is 35.5. The van der Waals surface area contributed by atoms with Gasteiger partial charge in [-0.05, 0) is 23.8 Å². The fourth-order valence-electron chi connectivity index (χ4n) is 1.43. The molecule has 1 aliphatic rings. The summed E-state index contributed by atoms with van der Waals surface area (Å²) in [5.74, 6) is -0.441. The summed E-state index contributed by atoms with van der Waals surface area (Å²) >= 11 is 11.7. The van der Waals surface area contributed by atoms with Crippen LogP contribution in [0.5, 0.6) is 0 Å². The number of imide groups is 1. The van der Waals surface area contributed by atoms with Crippen LogP contribution in [0.3, 0.4) is 0 Å². The molecule has 0 spiro atoms. The molecule has 0 radical (unpaired) electrons. The van der Waals surface area contributed by atoms with Crippen LogP contribution in [-0.4, -0.2) is 23.9 Å². The predicted molar refractivity (Wildman–Crippen MR) is 65.7 cm³/mol. The fraction of sp³-hybridized carbons (Fsp3) is 0.0909. The molecule has 0 aromatic heterocycles. The SMILES string of the molecule is CN1C(=O)NC(=O)/C1=C/c1ccc(Cl)cc1Cl. The van der Waals surface area contributed by atoms with Crippen molar-refractivity contribution in [2.75, 3.05) is 7.05 Å². The second-order valence-corrected chi connectivity index (χ2v) is 4.36. The molecule has 1 N–H and O–H groups in total. The number of hydrogen-bond acceptors (Lipinski definition) is 2. The third kappa shape index (κ3) is 2.28. The van der Waals surface area contributed by atoms with E-state index in [4.69, 9.17) is 23.2 Å². The minimum absolute atomic E-state index is 0.249. The van der Waals surface area contributed by atoms with E-state index in [9.17, 15) is 9.59 Å². The Labute approximate surface area is 108 Å². The average Bonchev–Trinajstić information content (AvgIpc) is 2.48. The van der Waals surface area contributed by atoms with Gasteiger partial charge < -0.3 is 0 Å². The van der Waals surface area contributed by atoms with Gasteiger partial charge in [0.25, 0.3) is 5.91 Å². The number of rotatable bonds is 1. The lowest BCUT2D eigenvalue weighted by molar-refractivity contribution is -0.115. The highest BCUT2D eigenvalue weighted by Crippen LogP contribution is 2.24. The lowest BCUT2D eigenvalue weighted by atomic mass is 10.2. The Balaban J connectivity index is 2.42. The van der Waals surface area contributed by atoms with Crippen LogP contribution in [-0.2, 0) is 4.79 Å². The van der Waals surface area contributed by atoms with E-state index >= 15 is 0 Å². The predicted octanol–water partition coefficient (Wildman–Crippen LogP) is 2.52. The number of benzene rings is 1. The number of nitrogens with one attached hydrogen (secondary N) is 1. The molecule has 0 bridgehead atoms. The van der Waals surface area contributed by atoms with Gasteiger partial charge in [-0.3, -0.25) is 15.0 Å². The summed E-state index contributed by atoms with van der Waals surface area (Å²) in [6.45, 7) is 0. The van der Waals surface area contributed by atoms with Crippen molar-refractivity contribution in [3.63, 3.8) is 0 Å². The zero-order chi connectivity index (χ0) is 12.6. The number of carbonyl (C=O) groups is 2. The van der Waals surface area contributed by atoms with E-state index in [2.05, 4.69) is 5.32 Å². The van der Waals surface area contributed by atoms with Crippen molar-refractivity contribution in [1.29, 1.82) is 0 Å². The summed E-state index contributed by atoms with van der Waals surface area (Å²) in [6.07, 6.45) is 1.54. The normalized spacial score (nSPS) is 17.8. The van der Waals surface area contributed by atoms with Gasteiger partial charge >= 0.3 is 6.03 Å². The third-order valence-electron chi connectivity index (χ3n) is 2.37. The Morgan fingerprint density at radius 3 is 2.53 bits per heavy atom. The molecule has 3 amide bonds. The van der Waals surface area contributed by atoms with Gasteiger partial charge in [-0.25, -0.2) is 4.79 Å². The first-order chi connectivity index (χ1) is 7.99. The van der Waals surface area contributed by atoms with E-state index < -0.39 is 11.9 Å². The number of amides is 3. The van der Waals surface area contributed by atoms with Crippen LogP contribution in [0.1, 0.15) is 5.56 Å². The van der Waals surface area contributed by atoms with E-state index in [0.717, 1.165) is 0 Å². The molecule has 0 saturated carbocycles. The number of hydrogen-bond donors (Lipinski definition) is 1. The lowest BCUT2D eigenvalue weighted by Crippen LogP contribution is -2.24. The maximum Gasteiger partial charge on any atom is 0.328 e. The summed E-state index contributed by atoms with van der Waals surface area (Å²) in [5.41, 5.74) is 0.877. The van der Waals surface area contributed by atoms with Crippen LogP contribution in [0.25, 0.3) is 6.08 Å². The monoisotopic (exact) mass is 270 g/mol. The molecular weight excluding hydrogens is 263 g/mol. The zero-order valence-corrected chi connectivity index (χ0v) is 10.3. The van der Waals surface area contributed by atoms with Crippen molar-refractivity contribution in [2.45, 2.75) is 0 Å². The quantitative estimate of drug-likeness (QED) is 0.630. The van der Waals surface area contributed by atoms with Crippen molar-refractivity contribution < 1.29 is 9.59 Å². The minimum atomic E-state index is -0.452. The smallest absolute Gasteiger partial charge is 0.292 e. The molecule has 88 valence electrons. The Morgan fingerprint density at radius 1 is 1.29 bits per heavy atom. The molecule has 17 heavy (non-hydrogen) atoms. The molecule has 1 saturated heterocycles. The number of halogens is 2. The maximum absolute atomic E-state index is 11.5. The van der Waals surface area contributed by atoms with E-state index in [0.29, 0.717) is 15.6 Å². The number of urea groups is 1. The van der Waals surface area contributed by atoms with Crippen molar-refractivity contribution in [3.8, 4) is 0 Å². The Bertz CT molecular complexity index is 540. The molecule has 0 unspecified atom stereocenters. The van der Waals surface area contributed by atoms with Gasteiger partial charge in [0.1, 0.15) is 5.70 Å². The van der Waals surface area contributed by atoms with Gasteiger partial charge in [0, 0.05) is 17.1 Å².